The van der Waals surface area contributed by atoms with Gasteiger partial charge >= 0.3 is 6.09 Å². The molecular formula is C6H10N4O2. The molecule has 0 aliphatic carbocycles. The highest BCUT2D eigenvalue weighted by atomic mass is 16.5. The van der Waals surface area contributed by atoms with E-state index < -0.39 is 6.09 Å². The van der Waals surface area contributed by atoms with Crippen LogP contribution in [0.15, 0.2) is 0 Å². The fourth-order valence-corrected chi connectivity index (χ4v) is 0.657. The molecule has 1 heterocycles. The van der Waals surface area contributed by atoms with Crippen molar-refractivity contribution in [3.05, 3.63) is 5.82 Å². The number of carbonyl (C=O) groups excluding carboxylic acids is 1. The van der Waals surface area contributed by atoms with Crippen LogP contribution in [0.3, 0.4) is 0 Å². The Labute approximate surface area is 69.3 Å². The Balaban J connectivity index is 2.46. The maximum absolute atomic E-state index is 10.8. The summed E-state index contributed by atoms with van der Waals surface area (Å²) in [6, 6.07) is 0. The van der Waals surface area contributed by atoms with Crippen molar-refractivity contribution < 1.29 is 9.53 Å². The second-order valence-corrected chi connectivity index (χ2v) is 2.09. The van der Waals surface area contributed by atoms with E-state index in [9.17, 15) is 4.79 Å². The van der Waals surface area contributed by atoms with Gasteiger partial charge in [0.2, 0.25) is 0 Å². The number of anilines is 1. The number of H-pyrrole nitrogens is 1. The van der Waals surface area contributed by atoms with E-state index in [2.05, 4.69) is 25.2 Å². The van der Waals surface area contributed by atoms with Crippen LogP contribution in [0, 0.1) is 6.92 Å². The molecule has 6 nitrogen and oxygen atoms in total. The third-order valence-corrected chi connectivity index (χ3v) is 1.09. The first kappa shape index (κ1) is 8.51. The van der Waals surface area contributed by atoms with Crippen molar-refractivity contribution in [3.63, 3.8) is 0 Å². The Morgan fingerprint density at radius 3 is 3.00 bits per heavy atom. The molecule has 6 heteroatoms. The molecule has 1 amide bonds. The minimum atomic E-state index is -0.545. The van der Waals surface area contributed by atoms with E-state index in [1.165, 1.54) is 0 Å². The van der Waals surface area contributed by atoms with Crippen LogP contribution in [0.1, 0.15) is 12.7 Å². The Morgan fingerprint density at radius 2 is 2.50 bits per heavy atom. The van der Waals surface area contributed by atoms with E-state index in [0.29, 0.717) is 12.4 Å². The summed E-state index contributed by atoms with van der Waals surface area (Å²) in [4.78, 5) is 14.6. The van der Waals surface area contributed by atoms with Crippen molar-refractivity contribution in [2.75, 3.05) is 11.9 Å². The molecule has 0 saturated heterocycles. The summed E-state index contributed by atoms with van der Waals surface area (Å²) in [6.07, 6.45) is -0.545. The van der Waals surface area contributed by atoms with Gasteiger partial charge in [0, 0.05) is 0 Å². The molecule has 66 valence electrons. The van der Waals surface area contributed by atoms with E-state index in [1.807, 2.05) is 0 Å². The topological polar surface area (TPSA) is 79.9 Å². The SMILES string of the molecule is CCOC(=O)Nc1n[nH]c(C)n1. The average molecular weight is 170 g/mol. The van der Waals surface area contributed by atoms with Gasteiger partial charge in [-0.05, 0) is 13.8 Å². The Morgan fingerprint density at radius 1 is 1.75 bits per heavy atom. The van der Waals surface area contributed by atoms with Crippen molar-refractivity contribution in [2.24, 2.45) is 0 Å². The third kappa shape index (κ3) is 2.22. The van der Waals surface area contributed by atoms with Crippen LogP contribution in [0.4, 0.5) is 10.7 Å². The van der Waals surface area contributed by atoms with Crippen LogP contribution in [-0.2, 0) is 4.74 Å². The number of aromatic nitrogens is 3. The molecule has 1 aromatic rings. The first-order chi connectivity index (χ1) is 5.72. The smallest absolute Gasteiger partial charge is 0.414 e. The van der Waals surface area contributed by atoms with Crippen molar-refractivity contribution in [3.8, 4) is 0 Å². The zero-order valence-electron chi connectivity index (χ0n) is 6.92. The zero-order valence-corrected chi connectivity index (χ0v) is 6.92. The lowest BCUT2D eigenvalue weighted by Crippen LogP contribution is -2.14. The van der Waals surface area contributed by atoms with E-state index in [0.717, 1.165) is 0 Å². The van der Waals surface area contributed by atoms with Crippen molar-refractivity contribution >= 4 is 12.0 Å². The third-order valence-electron chi connectivity index (χ3n) is 1.09. The van der Waals surface area contributed by atoms with Gasteiger partial charge < -0.3 is 4.74 Å². The number of hydrogen-bond acceptors (Lipinski definition) is 4. The first-order valence-electron chi connectivity index (χ1n) is 3.55. The van der Waals surface area contributed by atoms with Crippen LogP contribution in [0.2, 0.25) is 0 Å². The van der Waals surface area contributed by atoms with E-state index in [4.69, 9.17) is 0 Å². The molecule has 0 fully saturated rings. The molecule has 0 unspecified atom stereocenters. The van der Waals surface area contributed by atoms with Crippen LogP contribution in [0.25, 0.3) is 0 Å². The van der Waals surface area contributed by atoms with Crippen molar-refractivity contribution in [2.45, 2.75) is 13.8 Å². The normalized spacial score (nSPS) is 9.50. The standard InChI is InChI=1S/C6H10N4O2/c1-3-12-6(11)8-5-7-4(2)9-10-5/h3H2,1-2H3,(H2,7,8,9,10,11). The molecule has 0 aromatic carbocycles. The maximum Gasteiger partial charge on any atom is 0.414 e. The molecule has 0 aliphatic rings. The molecule has 0 spiro atoms. The summed E-state index contributed by atoms with van der Waals surface area (Å²) in [7, 11) is 0. The number of nitrogens with zero attached hydrogens (tertiary/aromatic N) is 2. The predicted molar refractivity (Wildman–Crippen MR) is 41.8 cm³/mol. The van der Waals surface area contributed by atoms with Gasteiger partial charge in [0.25, 0.3) is 5.95 Å². The molecule has 1 rings (SSSR count). The van der Waals surface area contributed by atoms with Crippen LogP contribution < -0.4 is 5.32 Å². The summed E-state index contributed by atoms with van der Waals surface area (Å²) < 4.78 is 4.61. The summed E-state index contributed by atoms with van der Waals surface area (Å²) in [6.45, 7) is 3.79. The zero-order chi connectivity index (χ0) is 8.97. The molecule has 2 N–H and O–H groups in total. The number of aryl methyl sites for hydroxylation is 1. The van der Waals surface area contributed by atoms with Gasteiger partial charge in [0.05, 0.1) is 6.61 Å². The first-order valence-corrected chi connectivity index (χ1v) is 3.55. The van der Waals surface area contributed by atoms with Crippen LogP contribution in [-0.4, -0.2) is 27.9 Å². The maximum atomic E-state index is 10.8. The summed E-state index contributed by atoms with van der Waals surface area (Å²) >= 11 is 0. The number of carbonyl (C=O) groups is 1. The highest BCUT2D eigenvalue weighted by molar-refractivity contribution is 5.81. The highest BCUT2D eigenvalue weighted by Crippen LogP contribution is 1.96. The minimum absolute atomic E-state index is 0.228. The van der Waals surface area contributed by atoms with E-state index in [-0.39, 0.29) is 5.95 Å². The lowest BCUT2D eigenvalue weighted by molar-refractivity contribution is 0.167. The number of ether oxygens (including phenoxy) is 1. The van der Waals surface area contributed by atoms with Gasteiger partial charge in [0.15, 0.2) is 0 Å². The Bertz CT molecular complexity index is 270. The summed E-state index contributed by atoms with van der Waals surface area (Å²) in [5.41, 5.74) is 0. The van der Waals surface area contributed by atoms with Gasteiger partial charge in [-0.1, -0.05) is 0 Å². The largest absolute Gasteiger partial charge is 0.450 e. The highest BCUT2D eigenvalue weighted by Gasteiger charge is 2.04. The van der Waals surface area contributed by atoms with Gasteiger partial charge in [-0.25, -0.2) is 4.79 Å². The fraction of sp³-hybridized carbons (Fsp3) is 0.500. The van der Waals surface area contributed by atoms with Gasteiger partial charge in [-0.2, -0.15) is 4.98 Å². The molecule has 0 bridgehead atoms. The fourth-order valence-electron chi connectivity index (χ4n) is 0.657. The molecule has 0 saturated carbocycles. The summed E-state index contributed by atoms with van der Waals surface area (Å²) in [5, 5.41) is 8.62. The van der Waals surface area contributed by atoms with Crippen molar-refractivity contribution in [1.82, 2.24) is 15.2 Å². The van der Waals surface area contributed by atoms with Crippen LogP contribution in [0.5, 0.6) is 0 Å². The number of hydrogen-bond donors (Lipinski definition) is 2. The number of aromatic amines is 1. The van der Waals surface area contributed by atoms with Crippen molar-refractivity contribution in [1.29, 1.82) is 0 Å². The summed E-state index contributed by atoms with van der Waals surface area (Å²) in [5.74, 6) is 0.868. The molecule has 0 aliphatic heterocycles. The van der Waals surface area contributed by atoms with Gasteiger partial charge in [-0.15, -0.1) is 5.10 Å². The molecule has 12 heavy (non-hydrogen) atoms. The lowest BCUT2D eigenvalue weighted by Gasteiger charge is -1.98. The second-order valence-electron chi connectivity index (χ2n) is 2.09. The number of nitrogens with one attached hydrogen (secondary N) is 2. The quantitative estimate of drug-likeness (QED) is 0.684. The Kier molecular flexibility index (Phi) is 2.62. The molecule has 1 aromatic heterocycles. The predicted octanol–water partition coefficient (Wildman–Crippen LogP) is 0.682. The number of rotatable bonds is 2. The second kappa shape index (κ2) is 3.70. The average Bonchev–Trinajstić information content (AvgIpc) is 2.36. The lowest BCUT2D eigenvalue weighted by atomic mass is 10.7. The molecular weight excluding hydrogens is 160 g/mol. The minimum Gasteiger partial charge on any atom is -0.450 e. The molecule has 0 atom stereocenters. The van der Waals surface area contributed by atoms with E-state index in [1.54, 1.807) is 13.8 Å². The van der Waals surface area contributed by atoms with Crippen LogP contribution >= 0.6 is 0 Å². The van der Waals surface area contributed by atoms with E-state index >= 15 is 0 Å². The van der Waals surface area contributed by atoms with Gasteiger partial charge in [-0.3, -0.25) is 10.4 Å². The molecule has 0 radical (unpaired) electrons. The Hall–Kier alpha value is -1.59. The monoisotopic (exact) mass is 170 g/mol. The number of amides is 1. The van der Waals surface area contributed by atoms with Gasteiger partial charge in [0.1, 0.15) is 5.82 Å².